The number of hydrogen-bond acceptors (Lipinski definition) is 4. The highest BCUT2D eigenvalue weighted by molar-refractivity contribution is 5.85. The van der Waals surface area contributed by atoms with E-state index in [1.54, 1.807) is 27.8 Å². The molecule has 8 heterocycles. The van der Waals surface area contributed by atoms with Crippen LogP contribution in [0.2, 0.25) is 0 Å². The number of hydrogen-bond donors (Lipinski definition) is 1. The van der Waals surface area contributed by atoms with Crippen LogP contribution in [-0.2, 0) is 16.6 Å². The van der Waals surface area contributed by atoms with Crippen LogP contribution >= 0.6 is 0 Å². The summed E-state index contributed by atoms with van der Waals surface area (Å²) in [5.41, 5.74) is 12.5. The van der Waals surface area contributed by atoms with Crippen molar-refractivity contribution in [3.05, 3.63) is 100 Å². The Morgan fingerprint density at radius 1 is 1.00 bits per heavy atom. The molecule has 1 N–H and O–H groups in total. The summed E-state index contributed by atoms with van der Waals surface area (Å²) in [6, 6.07) is 20.0. The third-order valence-electron chi connectivity index (χ3n) is 13.5. The van der Waals surface area contributed by atoms with Gasteiger partial charge in [-0.3, -0.25) is 9.80 Å². The number of para-hydroxylation sites is 2. The molecular formula is C38H40N4O. The maximum absolute atomic E-state index is 7.10. The summed E-state index contributed by atoms with van der Waals surface area (Å²) in [5.74, 6) is 1.56. The van der Waals surface area contributed by atoms with Gasteiger partial charge in [-0.25, -0.2) is 0 Å². The smallest absolute Gasteiger partial charge is 0.0866 e. The van der Waals surface area contributed by atoms with E-state index in [9.17, 15) is 0 Å². The first-order valence-electron chi connectivity index (χ1n) is 16.9. The highest BCUT2D eigenvalue weighted by Crippen LogP contribution is 2.66. The van der Waals surface area contributed by atoms with Crippen LogP contribution in [0.4, 0.5) is 5.69 Å². The first kappa shape index (κ1) is 24.2. The summed E-state index contributed by atoms with van der Waals surface area (Å²) in [7, 11) is 0. The van der Waals surface area contributed by atoms with E-state index in [1.165, 1.54) is 41.7 Å². The lowest BCUT2D eigenvalue weighted by Crippen LogP contribution is -2.67. The fourth-order valence-electron chi connectivity index (χ4n) is 11.9. The molecule has 1 saturated carbocycles. The Bertz CT molecular complexity index is 1800. The maximum atomic E-state index is 7.10. The number of rotatable bonds is 1. The molecule has 2 bridgehead atoms. The number of allylic oxidation sites excluding steroid dienone is 1. The zero-order chi connectivity index (χ0) is 28.0. The predicted molar refractivity (Wildman–Crippen MR) is 170 cm³/mol. The fraction of sp³-hybridized carbons (Fsp3) is 0.474. The zero-order valence-electron chi connectivity index (χ0n) is 25.0. The van der Waals surface area contributed by atoms with Crippen molar-refractivity contribution in [1.29, 1.82) is 0 Å². The summed E-state index contributed by atoms with van der Waals surface area (Å²) in [5, 5.41) is 1.43. The van der Waals surface area contributed by atoms with Gasteiger partial charge in [0, 0.05) is 71.4 Å². The lowest BCUT2D eigenvalue weighted by molar-refractivity contribution is -0.0331. The molecule has 11 rings (SSSR count). The average molecular weight is 569 g/mol. The quantitative estimate of drug-likeness (QED) is 0.360. The Hall–Kier alpha value is -3.12. The van der Waals surface area contributed by atoms with E-state index in [4.69, 9.17) is 4.74 Å². The summed E-state index contributed by atoms with van der Waals surface area (Å²) < 4.78 is 7.10. The van der Waals surface area contributed by atoms with Gasteiger partial charge < -0.3 is 14.6 Å². The molecule has 43 heavy (non-hydrogen) atoms. The predicted octanol–water partition coefficient (Wildman–Crippen LogP) is 6.11. The largest absolute Gasteiger partial charge is 0.369 e. The SMILES string of the molecule is C/C=C1/CN2CCc3c([nH]c4ccccc34)[C@@H]2C[C@@H]1C1=CN2c3ccccc3[C@@]34CCN5CC6=CCO[C@@H]1[C@@H]([C@H]23)[C@H]6C[C@H]54. The number of piperidine rings is 2. The van der Waals surface area contributed by atoms with Crippen LogP contribution in [0.1, 0.15) is 49.0 Å². The van der Waals surface area contributed by atoms with Crippen LogP contribution in [0.5, 0.6) is 0 Å². The van der Waals surface area contributed by atoms with Gasteiger partial charge in [0.1, 0.15) is 0 Å². The van der Waals surface area contributed by atoms with Crippen LogP contribution in [0.25, 0.3) is 10.9 Å². The van der Waals surface area contributed by atoms with Crippen LogP contribution in [-0.4, -0.2) is 65.8 Å². The first-order chi connectivity index (χ1) is 21.2. The van der Waals surface area contributed by atoms with Crippen molar-refractivity contribution < 1.29 is 4.74 Å². The Kier molecular flexibility index (Phi) is 4.69. The van der Waals surface area contributed by atoms with Crippen LogP contribution < -0.4 is 4.90 Å². The minimum absolute atomic E-state index is 0.191. The number of nitrogens with one attached hydrogen (secondary N) is 1. The molecule has 0 amide bonds. The summed E-state index contributed by atoms with van der Waals surface area (Å²) in [6.45, 7) is 7.63. The van der Waals surface area contributed by atoms with Gasteiger partial charge in [-0.2, -0.15) is 0 Å². The third kappa shape index (κ3) is 2.86. The van der Waals surface area contributed by atoms with Gasteiger partial charge in [0.15, 0.2) is 0 Å². The van der Waals surface area contributed by atoms with E-state index in [0.717, 1.165) is 39.1 Å². The molecule has 0 radical (unpaired) electrons. The normalized spacial score (nSPS) is 39.7. The first-order valence-corrected chi connectivity index (χ1v) is 16.9. The number of anilines is 1. The highest BCUT2D eigenvalue weighted by atomic mass is 16.5. The van der Waals surface area contributed by atoms with E-state index in [0.29, 0.717) is 35.9 Å². The lowest BCUT2D eigenvalue weighted by Gasteiger charge is -2.59. The van der Waals surface area contributed by atoms with Crippen molar-refractivity contribution in [1.82, 2.24) is 14.8 Å². The van der Waals surface area contributed by atoms with Crippen LogP contribution in [0, 0.1) is 17.8 Å². The standard InChI is InChI=1S/C38H40N4O/c1-2-22-19-40-14-11-25-24-7-3-5-9-30(24)39-35(25)32(40)17-26(22)28-21-42-31-10-6-4-8-29(31)38-13-15-41-20-23-12-16-43-36(28)34(37(38)42)27(23)18-33(38)41/h2-10,12,21,26-27,32-34,36-37,39H,11,13-20H2,1H3/b22-2-/t26-,27-,32-,33-,34-,36-,37-,38+/m0/s1. The van der Waals surface area contributed by atoms with Gasteiger partial charge in [-0.1, -0.05) is 59.7 Å². The average Bonchev–Trinajstić information content (AvgIpc) is 3.67. The van der Waals surface area contributed by atoms with Crippen molar-refractivity contribution in [2.45, 2.75) is 62.3 Å². The molecule has 1 aromatic heterocycles. The van der Waals surface area contributed by atoms with E-state index in [-0.39, 0.29) is 11.5 Å². The van der Waals surface area contributed by atoms with E-state index < -0.39 is 0 Å². The molecule has 218 valence electrons. The topological polar surface area (TPSA) is 34.7 Å². The molecule has 4 fully saturated rings. The Morgan fingerprint density at radius 3 is 2.86 bits per heavy atom. The molecule has 5 heteroatoms. The van der Waals surface area contributed by atoms with Crippen molar-refractivity contribution in [3.8, 4) is 0 Å². The van der Waals surface area contributed by atoms with Gasteiger partial charge in [-0.15, -0.1) is 0 Å². The van der Waals surface area contributed by atoms with Gasteiger partial charge in [0.25, 0.3) is 0 Å². The minimum atomic E-state index is 0.191. The van der Waals surface area contributed by atoms with E-state index in [1.807, 2.05) is 0 Å². The minimum Gasteiger partial charge on any atom is -0.369 e. The monoisotopic (exact) mass is 568 g/mol. The van der Waals surface area contributed by atoms with Gasteiger partial charge in [0.05, 0.1) is 24.8 Å². The number of benzene rings is 2. The van der Waals surface area contributed by atoms with Crippen LogP contribution in [0.3, 0.4) is 0 Å². The number of ether oxygens (including phenoxy) is 1. The Labute approximate surface area is 253 Å². The molecule has 3 saturated heterocycles. The Morgan fingerprint density at radius 2 is 1.91 bits per heavy atom. The highest BCUT2D eigenvalue weighted by Gasteiger charge is 2.70. The molecule has 3 aromatic rings. The number of H-pyrrole nitrogens is 1. The molecule has 8 atom stereocenters. The molecule has 8 aliphatic rings. The number of nitrogens with zero attached hydrogens (tertiary/aromatic N) is 3. The second kappa shape index (κ2) is 8.32. The number of aromatic nitrogens is 1. The molecule has 5 nitrogen and oxygen atoms in total. The van der Waals surface area contributed by atoms with E-state index >= 15 is 0 Å². The second-order valence-corrected chi connectivity index (χ2v) is 14.7. The number of aromatic amines is 1. The third-order valence-corrected chi connectivity index (χ3v) is 13.5. The molecule has 0 unspecified atom stereocenters. The molecule has 1 spiro atoms. The summed E-state index contributed by atoms with van der Waals surface area (Å²) in [4.78, 5) is 12.3. The van der Waals surface area contributed by atoms with Gasteiger partial charge in [0.2, 0.25) is 0 Å². The fourth-order valence-corrected chi connectivity index (χ4v) is 11.9. The van der Waals surface area contributed by atoms with Crippen molar-refractivity contribution >= 4 is 16.6 Å². The number of fused-ring (bicyclic) bond motifs is 7. The lowest BCUT2D eigenvalue weighted by atomic mass is 9.53. The molecule has 1 aliphatic carbocycles. The zero-order valence-corrected chi connectivity index (χ0v) is 25.0. The summed E-state index contributed by atoms with van der Waals surface area (Å²) in [6.07, 6.45) is 12.6. The molecule has 2 aromatic carbocycles. The van der Waals surface area contributed by atoms with Crippen molar-refractivity contribution in [3.63, 3.8) is 0 Å². The molecule has 7 aliphatic heterocycles. The van der Waals surface area contributed by atoms with Gasteiger partial charge >= 0.3 is 0 Å². The van der Waals surface area contributed by atoms with E-state index in [2.05, 4.69) is 93.5 Å². The maximum Gasteiger partial charge on any atom is 0.0866 e. The van der Waals surface area contributed by atoms with Gasteiger partial charge in [-0.05, 0) is 73.9 Å². The van der Waals surface area contributed by atoms with Crippen molar-refractivity contribution in [2.24, 2.45) is 17.8 Å². The molecular weight excluding hydrogens is 528 g/mol. The van der Waals surface area contributed by atoms with Crippen LogP contribution in [0.15, 0.2) is 83.6 Å². The summed E-state index contributed by atoms with van der Waals surface area (Å²) >= 11 is 0. The second-order valence-electron chi connectivity index (χ2n) is 14.7. The Balaban J connectivity index is 1.08. The van der Waals surface area contributed by atoms with Crippen molar-refractivity contribution in [2.75, 3.05) is 37.7 Å².